The summed E-state index contributed by atoms with van der Waals surface area (Å²) in [5.41, 5.74) is 9.56. The predicted molar refractivity (Wildman–Crippen MR) is 81.6 cm³/mol. The molecule has 0 fully saturated rings. The van der Waals surface area contributed by atoms with Crippen molar-refractivity contribution in [1.29, 1.82) is 0 Å². The van der Waals surface area contributed by atoms with Gasteiger partial charge >= 0.3 is 5.76 Å². The van der Waals surface area contributed by atoms with Gasteiger partial charge in [0, 0.05) is 10.5 Å². The third-order valence-corrected chi connectivity index (χ3v) is 3.71. The molecular formula is C15H13BrN2O2. The van der Waals surface area contributed by atoms with Crippen molar-refractivity contribution in [3.8, 4) is 0 Å². The van der Waals surface area contributed by atoms with Gasteiger partial charge in [-0.1, -0.05) is 34.1 Å². The topological polar surface area (TPSA) is 72.0 Å². The summed E-state index contributed by atoms with van der Waals surface area (Å²) in [4.78, 5) is 13.8. The van der Waals surface area contributed by atoms with Crippen LogP contribution in [0.5, 0.6) is 0 Å². The van der Waals surface area contributed by atoms with Crippen molar-refractivity contribution in [1.82, 2.24) is 4.98 Å². The van der Waals surface area contributed by atoms with E-state index in [1.54, 1.807) is 0 Å². The van der Waals surface area contributed by atoms with Crippen LogP contribution >= 0.6 is 15.9 Å². The molecule has 0 saturated heterocycles. The molecule has 0 spiro atoms. The van der Waals surface area contributed by atoms with E-state index in [9.17, 15) is 4.79 Å². The second-order valence-electron chi connectivity index (χ2n) is 4.71. The highest BCUT2D eigenvalue weighted by Crippen LogP contribution is 2.21. The molecule has 0 amide bonds. The molecule has 20 heavy (non-hydrogen) atoms. The smallest absolute Gasteiger partial charge is 0.408 e. The molecule has 1 heterocycles. The van der Waals surface area contributed by atoms with E-state index in [1.165, 1.54) is 0 Å². The van der Waals surface area contributed by atoms with Gasteiger partial charge in [-0.3, -0.25) is 4.98 Å². The Balaban J connectivity index is 1.88. The van der Waals surface area contributed by atoms with E-state index >= 15 is 0 Å². The summed E-state index contributed by atoms with van der Waals surface area (Å²) in [7, 11) is 0. The van der Waals surface area contributed by atoms with Crippen LogP contribution in [0, 0.1) is 0 Å². The monoisotopic (exact) mass is 332 g/mol. The molecule has 1 aromatic heterocycles. The molecule has 0 radical (unpaired) electrons. The Kier molecular flexibility index (Phi) is 3.46. The summed E-state index contributed by atoms with van der Waals surface area (Å²) in [5, 5.41) is 0. The second-order valence-corrected chi connectivity index (χ2v) is 5.63. The van der Waals surface area contributed by atoms with E-state index in [-0.39, 0.29) is 6.04 Å². The average molecular weight is 333 g/mol. The molecule has 102 valence electrons. The molecule has 0 aliphatic heterocycles. The Morgan fingerprint density at radius 1 is 1.25 bits per heavy atom. The molecule has 2 aromatic carbocycles. The number of aromatic nitrogens is 1. The van der Waals surface area contributed by atoms with Crippen LogP contribution in [0.1, 0.15) is 17.2 Å². The van der Waals surface area contributed by atoms with E-state index in [0.29, 0.717) is 11.1 Å². The third kappa shape index (κ3) is 2.69. The number of hydrogen-bond acceptors (Lipinski definition) is 3. The highest BCUT2D eigenvalue weighted by Gasteiger charge is 2.10. The van der Waals surface area contributed by atoms with Crippen LogP contribution in [0.15, 0.2) is 56.1 Å². The number of rotatable bonds is 3. The molecule has 0 bridgehead atoms. The van der Waals surface area contributed by atoms with Crippen LogP contribution in [0.25, 0.3) is 11.1 Å². The van der Waals surface area contributed by atoms with Crippen LogP contribution in [-0.4, -0.2) is 4.98 Å². The maximum absolute atomic E-state index is 11.1. The Labute approximate surface area is 123 Å². The molecule has 0 aliphatic rings. The number of hydrogen-bond donors (Lipinski definition) is 2. The minimum absolute atomic E-state index is 0.145. The predicted octanol–water partition coefficient (Wildman–Crippen LogP) is 3.13. The standard InChI is InChI=1S/C15H13BrN2O2/c16-11-3-1-2-9(6-11)7-12(17)10-4-5-13-14(8-10)20-15(19)18-13/h1-6,8,12H,7,17H2,(H,18,19). The lowest BCUT2D eigenvalue weighted by atomic mass is 9.99. The van der Waals surface area contributed by atoms with Crippen molar-refractivity contribution in [2.75, 3.05) is 0 Å². The zero-order chi connectivity index (χ0) is 14.1. The molecule has 0 saturated carbocycles. The van der Waals surface area contributed by atoms with Crippen LogP contribution in [0.2, 0.25) is 0 Å². The van der Waals surface area contributed by atoms with Crippen molar-refractivity contribution in [3.05, 3.63) is 68.6 Å². The lowest BCUT2D eigenvalue weighted by molar-refractivity contribution is 0.554. The molecule has 5 heteroatoms. The van der Waals surface area contributed by atoms with Crippen LogP contribution in [0.3, 0.4) is 0 Å². The average Bonchev–Trinajstić information content (AvgIpc) is 2.77. The molecule has 1 atom stereocenters. The van der Waals surface area contributed by atoms with Crippen molar-refractivity contribution in [3.63, 3.8) is 0 Å². The molecule has 1 unspecified atom stereocenters. The molecule has 4 nitrogen and oxygen atoms in total. The third-order valence-electron chi connectivity index (χ3n) is 3.22. The lowest BCUT2D eigenvalue weighted by Crippen LogP contribution is -2.13. The number of aromatic amines is 1. The van der Waals surface area contributed by atoms with Gasteiger partial charge in [-0.05, 0) is 41.8 Å². The van der Waals surface area contributed by atoms with Gasteiger partial charge in [0.2, 0.25) is 0 Å². The van der Waals surface area contributed by atoms with Gasteiger partial charge in [0.1, 0.15) is 0 Å². The van der Waals surface area contributed by atoms with E-state index in [4.69, 9.17) is 10.2 Å². The number of oxazole rings is 1. The van der Waals surface area contributed by atoms with Gasteiger partial charge in [-0.25, -0.2) is 4.79 Å². The lowest BCUT2D eigenvalue weighted by Gasteiger charge is -2.12. The number of halogens is 1. The fourth-order valence-corrected chi connectivity index (χ4v) is 2.67. The Hall–Kier alpha value is -1.85. The molecule has 3 rings (SSSR count). The zero-order valence-corrected chi connectivity index (χ0v) is 12.2. The first-order valence-corrected chi connectivity index (χ1v) is 7.04. The largest absolute Gasteiger partial charge is 0.417 e. The highest BCUT2D eigenvalue weighted by atomic mass is 79.9. The zero-order valence-electron chi connectivity index (χ0n) is 10.6. The van der Waals surface area contributed by atoms with Gasteiger partial charge in [0.15, 0.2) is 5.58 Å². The first-order chi connectivity index (χ1) is 9.61. The van der Waals surface area contributed by atoms with Gasteiger partial charge in [0.05, 0.1) is 5.52 Å². The van der Waals surface area contributed by atoms with Crippen molar-refractivity contribution >= 4 is 27.0 Å². The quantitative estimate of drug-likeness (QED) is 0.773. The number of nitrogens with two attached hydrogens (primary N) is 1. The fourth-order valence-electron chi connectivity index (χ4n) is 2.23. The number of nitrogens with one attached hydrogen (secondary N) is 1. The maximum atomic E-state index is 11.1. The first-order valence-electron chi connectivity index (χ1n) is 6.24. The molecule has 3 N–H and O–H groups in total. The van der Waals surface area contributed by atoms with Gasteiger partial charge < -0.3 is 10.2 Å². The van der Waals surface area contributed by atoms with Crippen molar-refractivity contribution < 1.29 is 4.42 Å². The van der Waals surface area contributed by atoms with Gasteiger partial charge in [0.25, 0.3) is 0 Å². The van der Waals surface area contributed by atoms with E-state index in [0.717, 1.165) is 22.0 Å². The summed E-state index contributed by atoms with van der Waals surface area (Å²) < 4.78 is 6.09. The minimum atomic E-state index is -0.447. The Morgan fingerprint density at radius 3 is 2.90 bits per heavy atom. The first kappa shape index (κ1) is 13.1. The summed E-state index contributed by atoms with van der Waals surface area (Å²) in [6, 6.07) is 13.5. The highest BCUT2D eigenvalue weighted by molar-refractivity contribution is 9.10. The molecule has 3 aromatic rings. The normalized spacial score (nSPS) is 12.7. The van der Waals surface area contributed by atoms with Crippen molar-refractivity contribution in [2.24, 2.45) is 5.73 Å². The van der Waals surface area contributed by atoms with Crippen molar-refractivity contribution in [2.45, 2.75) is 12.5 Å². The molecule has 0 aliphatic carbocycles. The maximum Gasteiger partial charge on any atom is 0.417 e. The van der Waals surface area contributed by atoms with Gasteiger partial charge in [-0.15, -0.1) is 0 Å². The number of fused-ring (bicyclic) bond motifs is 1. The molecular weight excluding hydrogens is 320 g/mol. The Bertz CT molecular complexity index is 807. The fraction of sp³-hybridized carbons (Fsp3) is 0.133. The van der Waals surface area contributed by atoms with Crippen LogP contribution in [-0.2, 0) is 6.42 Å². The van der Waals surface area contributed by atoms with Gasteiger partial charge in [-0.2, -0.15) is 0 Å². The Morgan fingerprint density at radius 2 is 2.10 bits per heavy atom. The second kappa shape index (κ2) is 5.26. The van der Waals surface area contributed by atoms with E-state index in [1.807, 2.05) is 36.4 Å². The SMILES string of the molecule is NC(Cc1cccc(Br)c1)c1ccc2[nH]c(=O)oc2c1. The van der Waals surface area contributed by atoms with E-state index in [2.05, 4.69) is 27.0 Å². The van der Waals surface area contributed by atoms with Crippen LogP contribution < -0.4 is 11.5 Å². The number of H-pyrrole nitrogens is 1. The summed E-state index contributed by atoms with van der Waals surface area (Å²) >= 11 is 3.45. The van der Waals surface area contributed by atoms with Crippen LogP contribution in [0.4, 0.5) is 0 Å². The van der Waals surface area contributed by atoms with E-state index < -0.39 is 5.76 Å². The minimum Gasteiger partial charge on any atom is -0.408 e. The summed E-state index contributed by atoms with van der Waals surface area (Å²) in [6.45, 7) is 0. The summed E-state index contributed by atoms with van der Waals surface area (Å²) in [6.07, 6.45) is 0.722. The summed E-state index contributed by atoms with van der Waals surface area (Å²) in [5.74, 6) is -0.447. The number of benzene rings is 2.